The lowest BCUT2D eigenvalue weighted by Crippen LogP contribution is -2.21. The zero-order chi connectivity index (χ0) is 14.2. The van der Waals surface area contributed by atoms with Crippen molar-refractivity contribution in [3.63, 3.8) is 0 Å². The van der Waals surface area contributed by atoms with Crippen molar-refractivity contribution in [3.8, 4) is 11.5 Å². The van der Waals surface area contributed by atoms with E-state index in [9.17, 15) is 5.11 Å². The van der Waals surface area contributed by atoms with Crippen LogP contribution in [0.2, 0.25) is 5.02 Å². The average molecular weight is 285 g/mol. The maximum atomic E-state index is 10.1. The third-order valence-electron chi connectivity index (χ3n) is 3.97. The van der Waals surface area contributed by atoms with Crippen LogP contribution in [0.4, 0.5) is 0 Å². The number of benzene rings is 1. The SMILES string of the molecule is COc1cc(C)c(C2CC(CN)CN2C)c(Cl)c1O. The van der Waals surface area contributed by atoms with Crippen LogP contribution in [-0.4, -0.2) is 37.3 Å². The van der Waals surface area contributed by atoms with E-state index in [1.54, 1.807) is 0 Å². The van der Waals surface area contributed by atoms with Crippen LogP contribution in [0.1, 0.15) is 23.6 Å². The lowest BCUT2D eigenvalue weighted by atomic mass is 9.95. The second-order valence-electron chi connectivity index (χ2n) is 5.26. The predicted molar refractivity (Wildman–Crippen MR) is 76.9 cm³/mol. The molecule has 0 aromatic heterocycles. The fourth-order valence-corrected chi connectivity index (χ4v) is 3.30. The molecule has 1 heterocycles. The summed E-state index contributed by atoms with van der Waals surface area (Å²) in [5.41, 5.74) is 7.78. The summed E-state index contributed by atoms with van der Waals surface area (Å²) in [6, 6.07) is 2.04. The third kappa shape index (κ3) is 2.53. The van der Waals surface area contributed by atoms with E-state index in [2.05, 4.69) is 11.9 Å². The minimum Gasteiger partial charge on any atom is -0.503 e. The quantitative estimate of drug-likeness (QED) is 0.894. The highest BCUT2D eigenvalue weighted by Crippen LogP contribution is 2.45. The van der Waals surface area contributed by atoms with E-state index in [4.69, 9.17) is 22.1 Å². The fourth-order valence-electron chi connectivity index (χ4n) is 2.93. The van der Waals surface area contributed by atoms with Gasteiger partial charge in [0.1, 0.15) is 0 Å². The van der Waals surface area contributed by atoms with Gasteiger partial charge in [-0.1, -0.05) is 11.6 Å². The average Bonchev–Trinajstić information content (AvgIpc) is 2.75. The van der Waals surface area contributed by atoms with Gasteiger partial charge in [-0.15, -0.1) is 0 Å². The summed E-state index contributed by atoms with van der Waals surface area (Å²) in [5.74, 6) is 0.923. The molecule has 2 unspecified atom stereocenters. The largest absolute Gasteiger partial charge is 0.503 e. The zero-order valence-corrected chi connectivity index (χ0v) is 12.4. The normalized spacial score (nSPS) is 23.8. The molecule has 2 atom stereocenters. The number of hydrogen-bond donors (Lipinski definition) is 2. The Hall–Kier alpha value is -0.970. The Labute approximate surface area is 119 Å². The summed E-state index contributed by atoms with van der Waals surface area (Å²) >= 11 is 6.33. The van der Waals surface area contributed by atoms with Gasteiger partial charge in [0.25, 0.3) is 0 Å². The molecule has 0 bridgehead atoms. The Morgan fingerprint density at radius 3 is 2.79 bits per heavy atom. The first-order chi connectivity index (χ1) is 8.99. The summed E-state index contributed by atoms with van der Waals surface area (Å²) in [7, 11) is 3.59. The molecule has 19 heavy (non-hydrogen) atoms. The molecule has 3 N–H and O–H groups in total. The van der Waals surface area contributed by atoms with Gasteiger partial charge in [0, 0.05) is 12.6 Å². The van der Waals surface area contributed by atoms with E-state index in [-0.39, 0.29) is 11.8 Å². The number of aryl methyl sites for hydroxylation is 1. The number of nitrogens with zero attached hydrogens (tertiary/aromatic N) is 1. The van der Waals surface area contributed by atoms with Crippen molar-refractivity contribution in [2.75, 3.05) is 27.2 Å². The summed E-state index contributed by atoms with van der Waals surface area (Å²) < 4.78 is 5.13. The standard InChI is InChI=1S/C14H21ClN2O2/c1-8-4-11(19-3)14(18)13(15)12(8)10-5-9(6-16)7-17(10)2/h4,9-10,18H,5-7,16H2,1-3H3. The van der Waals surface area contributed by atoms with E-state index < -0.39 is 0 Å². The van der Waals surface area contributed by atoms with Crippen molar-refractivity contribution < 1.29 is 9.84 Å². The molecular weight excluding hydrogens is 264 g/mol. The summed E-state index contributed by atoms with van der Waals surface area (Å²) in [6.07, 6.45) is 0.972. The first-order valence-electron chi connectivity index (χ1n) is 6.45. The first-order valence-corrected chi connectivity index (χ1v) is 6.83. The Morgan fingerprint density at radius 1 is 1.58 bits per heavy atom. The van der Waals surface area contributed by atoms with E-state index in [0.29, 0.717) is 23.2 Å². The molecule has 0 amide bonds. The second kappa shape index (κ2) is 5.57. The first kappa shape index (κ1) is 14.4. The third-order valence-corrected chi connectivity index (χ3v) is 4.35. The summed E-state index contributed by atoms with van der Waals surface area (Å²) in [4.78, 5) is 2.25. The Bertz CT molecular complexity index is 479. The number of nitrogens with two attached hydrogens (primary N) is 1. The number of ether oxygens (including phenoxy) is 1. The fraction of sp³-hybridized carbons (Fsp3) is 0.571. The number of hydrogen-bond acceptors (Lipinski definition) is 4. The number of halogens is 1. The molecule has 4 nitrogen and oxygen atoms in total. The van der Waals surface area contributed by atoms with Crippen LogP contribution in [0.3, 0.4) is 0 Å². The lowest BCUT2D eigenvalue weighted by Gasteiger charge is -2.24. The van der Waals surface area contributed by atoms with Crippen LogP contribution in [0.15, 0.2) is 6.07 Å². The lowest BCUT2D eigenvalue weighted by molar-refractivity contribution is 0.311. The number of likely N-dealkylation sites (tertiary alicyclic amines) is 1. The molecule has 1 fully saturated rings. The summed E-state index contributed by atoms with van der Waals surface area (Å²) in [6.45, 7) is 3.64. The molecule has 106 valence electrons. The van der Waals surface area contributed by atoms with Gasteiger partial charge in [0.15, 0.2) is 11.5 Å². The Kier molecular flexibility index (Phi) is 4.23. The molecule has 0 spiro atoms. The Morgan fingerprint density at radius 2 is 2.26 bits per heavy atom. The highest BCUT2D eigenvalue weighted by atomic mass is 35.5. The molecule has 1 saturated heterocycles. The van der Waals surface area contributed by atoms with E-state index >= 15 is 0 Å². The minimum absolute atomic E-state index is 0.0226. The van der Waals surface area contributed by atoms with E-state index in [1.165, 1.54) is 7.11 Å². The molecular formula is C14H21ClN2O2. The number of phenols is 1. The number of phenolic OH excluding ortho intramolecular Hbond substituents is 1. The van der Waals surface area contributed by atoms with Crippen LogP contribution in [0, 0.1) is 12.8 Å². The van der Waals surface area contributed by atoms with Crippen LogP contribution < -0.4 is 10.5 Å². The summed E-state index contributed by atoms with van der Waals surface area (Å²) in [5, 5.41) is 10.5. The highest BCUT2D eigenvalue weighted by Gasteiger charge is 2.33. The van der Waals surface area contributed by atoms with Gasteiger partial charge in [0.2, 0.25) is 0 Å². The molecule has 1 aromatic carbocycles. The Balaban J connectivity index is 2.43. The van der Waals surface area contributed by atoms with E-state index in [1.807, 2.05) is 13.0 Å². The van der Waals surface area contributed by atoms with Gasteiger partial charge in [-0.2, -0.15) is 0 Å². The van der Waals surface area contributed by atoms with Gasteiger partial charge in [-0.3, -0.25) is 4.90 Å². The van der Waals surface area contributed by atoms with Gasteiger partial charge < -0.3 is 15.6 Å². The monoisotopic (exact) mass is 284 g/mol. The highest BCUT2D eigenvalue weighted by molar-refractivity contribution is 6.33. The minimum atomic E-state index is 0.0226. The maximum Gasteiger partial charge on any atom is 0.177 e. The predicted octanol–water partition coefficient (Wildman–Crippen LogP) is 2.31. The smallest absolute Gasteiger partial charge is 0.177 e. The molecule has 1 aromatic rings. The van der Waals surface area contributed by atoms with Crippen LogP contribution in [0.5, 0.6) is 11.5 Å². The molecule has 0 saturated carbocycles. The van der Waals surface area contributed by atoms with Crippen molar-refractivity contribution in [2.24, 2.45) is 11.7 Å². The van der Waals surface area contributed by atoms with Crippen molar-refractivity contribution in [3.05, 3.63) is 22.2 Å². The van der Waals surface area contributed by atoms with Crippen molar-refractivity contribution >= 4 is 11.6 Å². The van der Waals surface area contributed by atoms with Gasteiger partial charge >= 0.3 is 0 Å². The molecule has 1 aliphatic heterocycles. The van der Waals surface area contributed by atoms with Gasteiger partial charge in [-0.05, 0) is 50.0 Å². The number of aromatic hydroxyl groups is 1. The van der Waals surface area contributed by atoms with Crippen molar-refractivity contribution in [2.45, 2.75) is 19.4 Å². The van der Waals surface area contributed by atoms with Gasteiger partial charge in [0.05, 0.1) is 12.1 Å². The number of methoxy groups -OCH3 is 1. The molecule has 0 aliphatic carbocycles. The second-order valence-corrected chi connectivity index (χ2v) is 5.64. The molecule has 2 rings (SSSR count). The zero-order valence-electron chi connectivity index (χ0n) is 11.6. The van der Waals surface area contributed by atoms with Crippen LogP contribution in [0.25, 0.3) is 0 Å². The molecule has 0 radical (unpaired) electrons. The van der Waals surface area contributed by atoms with Crippen molar-refractivity contribution in [1.82, 2.24) is 4.90 Å². The van der Waals surface area contributed by atoms with Crippen LogP contribution in [-0.2, 0) is 0 Å². The topological polar surface area (TPSA) is 58.7 Å². The van der Waals surface area contributed by atoms with Crippen LogP contribution >= 0.6 is 11.6 Å². The van der Waals surface area contributed by atoms with E-state index in [0.717, 1.165) is 24.1 Å². The molecule has 5 heteroatoms. The van der Waals surface area contributed by atoms with Gasteiger partial charge in [-0.25, -0.2) is 0 Å². The number of rotatable bonds is 3. The maximum absolute atomic E-state index is 10.1. The molecule has 1 aliphatic rings. The van der Waals surface area contributed by atoms with Crippen molar-refractivity contribution in [1.29, 1.82) is 0 Å².